The quantitative estimate of drug-likeness (QED) is 0.561. The average molecular weight is 362 g/mol. The summed E-state index contributed by atoms with van der Waals surface area (Å²) in [6.45, 7) is 6.15. The number of hydrogen-bond donors (Lipinski definition) is 0. The molecule has 26 heavy (non-hydrogen) atoms. The van der Waals surface area contributed by atoms with Crippen molar-refractivity contribution in [1.82, 2.24) is 4.90 Å². The Morgan fingerprint density at radius 3 is 2.54 bits per heavy atom. The number of nitro groups is 1. The Morgan fingerprint density at radius 1 is 1.31 bits per heavy atom. The van der Waals surface area contributed by atoms with Gasteiger partial charge < -0.3 is 14.4 Å². The molecule has 0 aliphatic carbocycles. The van der Waals surface area contributed by atoms with Crippen molar-refractivity contribution < 1.29 is 24.0 Å². The minimum Gasteiger partial charge on any atom is -0.479 e. The molecule has 1 fully saturated rings. The Labute approximate surface area is 151 Å². The number of amides is 1. The number of para-hydroxylation sites is 1. The number of Topliss-reactive ketones (excluding diaryl/α,β-unsaturated/α-hetero) is 1. The minimum absolute atomic E-state index is 0.0412. The van der Waals surface area contributed by atoms with E-state index in [4.69, 9.17) is 9.47 Å². The molecule has 8 heteroatoms. The molecule has 0 radical (unpaired) electrons. The lowest BCUT2D eigenvalue weighted by molar-refractivity contribution is -0.386. The fraction of sp³-hybridized carbons (Fsp3) is 0.556. The number of carbonyl (C=O) groups excluding carboxylic acids is 2. The molecule has 0 unspecified atom stereocenters. The zero-order valence-corrected chi connectivity index (χ0v) is 15.1. The van der Waals surface area contributed by atoms with Gasteiger partial charge >= 0.3 is 11.8 Å². The molecule has 8 nitrogen and oxygen atoms in total. The molecule has 0 bridgehead atoms. The van der Waals surface area contributed by atoms with Gasteiger partial charge in [0, 0.05) is 32.0 Å². The van der Waals surface area contributed by atoms with E-state index in [0.29, 0.717) is 25.9 Å². The molecular weight excluding hydrogens is 340 g/mol. The van der Waals surface area contributed by atoms with Crippen LogP contribution in [0.1, 0.15) is 50.4 Å². The number of nitro benzene ring substituents is 1. The van der Waals surface area contributed by atoms with E-state index in [-0.39, 0.29) is 29.2 Å². The van der Waals surface area contributed by atoms with E-state index in [1.165, 1.54) is 12.1 Å². The van der Waals surface area contributed by atoms with Crippen molar-refractivity contribution in [1.29, 1.82) is 0 Å². The lowest BCUT2D eigenvalue weighted by Gasteiger charge is -2.43. The van der Waals surface area contributed by atoms with E-state index in [9.17, 15) is 19.7 Å². The zero-order valence-electron chi connectivity index (χ0n) is 15.1. The van der Waals surface area contributed by atoms with Crippen LogP contribution >= 0.6 is 0 Å². The lowest BCUT2D eigenvalue weighted by Crippen LogP contribution is -2.53. The molecule has 1 aromatic carbocycles. The summed E-state index contributed by atoms with van der Waals surface area (Å²) in [6, 6.07) is 4.37. The number of ketones is 1. The second-order valence-electron chi connectivity index (χ2n) is 7.76. The third-order valence-electron chi connectivity index (χ3n) is 4.62. The van der Waals surface area contributed by atoms with Crippen LogP contribution in [-0.4, -0.2) is 46.0 Å². The highest BCUT2D eigenvalue weighted by Crippen LogP contribution is 2.43. The summed E-state index contributed by atoms with van der Waals surface area (Å²) in [7, 11) is 0. The average Bonchev–Trinajstić information content (AvgIpc) is 2.53. The predicted molar refractivity (Wildman–Crippen MR) is 92.4 cm³/mol. The van der Waals surface area contributed by atoms with Gasteiger partial charge in [0.2, 0.25) is 5.75 Å². The summed E-state index contributed by atoms with van der Waals surface area (Å²) in [4.78, 5) is 37.0. The van der Waals surface area contributed by atoms with Gasteiger partial charge in [-0.1, -0.05) is 6.07 Å². The molecule has 0 saturated carbocycles. The van der Waals surface area contributed by atoms with Crippen molar-refractivity contribution in [3.05, 3.63) is 33.9 Å². The van der Waals surface area contributed by atoms with Gasteiger partial charge in [0.05, 0.1) is 16.9 Å². The highest BCUT2D eigenvalue weighted by molar-refractivity contribution is 6.01. The maximum Gasteiger partial charge on any atom is 0.410 e. The molecule has 1 amide bonds. The van der Waals surface area contributed by atoms with Crippen LogP contribution in [0.5, 0.6) is 5.75 Å². The Balaban J connectivity index is 1.77. The maximum absolute atomic E-state index is 12.5. The topological polar surface area (TPSA) is 99.0 Å². The fourth-order valence-electron chi connectivity index (χ4n) is 3.34. The van der Waals surface area contributed by atoms with E-state index in [2.05, 4.69) is 0 Å². The fourth-order valence-corrected chi connectivity index (χ4v) is 3.34. The summed E-state index contributed by atoms with van der Waals surface area (Å²) in [6.07, 6.45) is 0.594. The smallest absolute Gasteiger partial charge is 0.410 e. The summed E-state index contributed by atoms with van der Waals surface area (Å²) < 4.78 is 11.4. The molecule has 0 atom stereocenters. The predicted octanol–water partition coefficient (Wildman–Crippen LogP) is 3.33. The third kappa shape index (κ3) is 3.49. The van der Waals surface area contributed by atoms with Crippen molar-refractivity contribution >= 4 is 17.6 Å². The normalized spacial score (nSPS) is 18.9. The first-order valence-corrected chi connectivity index (χ1v) is 8.58. The molecule has 1 saturated heterocycles. The number of ether oxygens (including phenoxy) is 2. The van der Waals surface area contributed by atoms with Gasteiger partial charge in [-0.15, -0.1) is 0 Å². The van der Waals surface area contributed by atoms with Crippen LogP contribution in [0.2, 0.25) is 0 Å². The molecule has 2 aliphatic rings. The highest BCUT2D eigenvalue weighted by atomic mass is 16.6. The largest absolute Gasteiger partial charge is 0.479 e. The summed E-state index contributed by atoms with van der Waals surface area (Å²) in [5, 5.41) is 11.3. The number of hydrogen-bond acceptors (Lipinski definition) is 6. The van der Waals surface area contributed by atoms with Gasteiger partial charge in [0.1, 0.15) is 11.2 Å². The third-order valence-corrected chi connectivity index (χ3v) is 4.62. The monoisotopic (exact) mass is 362 g/mol. The molecule has 3 rings (SSSR count). The standard InChI is InChI=1S/C18H22N2O6/c1-17(2,3)26-16(22)19-9-7-18(8-10-19)11-14(21)12-5-4-6-13(20(23)24)15(12)25-18/h4-6H,7-11H2,1-3H3. The number of nitrogens with zero attached hydrogens (tertiary/aromatic N) is 2. The second-order valence-corrected chi connectivity index (χ2v) is 7.76. The molecule has 0 N–H and O–H groups in total. The first kappa shape index (κ1) is 18.2. The van der Waals surface area contributed by atoms with Crippen molar-refractivity contribution in [2.45, 2.75) is 51.2 Å². The zero-order chi connectivity index (χ0) is 19.1. The first-order valence-electron chi connectivity index (χ1n) is 8.58. The molecule has 2 heterocycles. The van der Waals surface area contributed by atoms with Crippen LogP contribution in [0.15, 0.2) is 18.2 Å². The number of rotatable bonds is 1. The van der Waals surface area contributed by atoms with Gasteiger partial charge in [-0.3, -0.25) is 14.9 Å². The van der Waals surface area contributed by atoms with Crippen molar-refractivity contribution in [3.63, 3.8) is 0 Å². The van der Waals surface area contributed by atoms with Crippen LogP contribution in [0, 0.1) is 10.1 Å². The summed E-state index contributed by atoms with van der Waals surface area (Å²) >= 11 is 0. The number of piperidine rings is 1. The molecular formula is C18H22N2O6. The SMILES string of the molecule is CC(C)(C)OC(=O)N1CCC2(CC1)CC(=O)c1cccc([N+](=O)[O-])c1O2. The molecule has 0 aromatic heterocycles. The van der Waals surface area contributed by atoms with E-state index in [0.717, 1.165) is 0 Å². The maximum atomic E-state index is 12.5. The molecule has 140 valence electrons. The van der Waals surface area contributed by atoms with Gasteiger partial charge in [-0.05, 0) is 26.8 Å². The lowest BCUT2D eigenvalue weighted by atomic mass is 9.82. The molecule has 1 spiro atoms. The van der Waals surface area contributed by atoms with Crippen LogP contribution in [0.3, 0.4) is 0 Å². The second kappa shape index (κ2) is 6.26. The number of fused-ring (bicyclic) bond motifs is 1. The van der Waals surface area contributed by atoms with Crippen LogP contribution < -0.4 is 4.74 Å². The number of carbonyl (C=O) groups is 2. The van der Waals surface area contributed by atoms with Gasteiger partial charge in [-0.25, -0.2) is 4.79 Å². The summed E-state index contributed by atoms with van der Waals surface area (Å²) in [5.74, 6) is -0.125. The van der Waals surface area contributed by atoms with Crippen LogP contribution in [0.25, 0.3) is 0 Å². The molecule has 2 aliphatic heterocycles. The van der Waals surface area contributed by atoms with E-state index in [1.54, 1.807) is 31.7 Å². The minimum atomic E-state index is -0.811. The molecule has 1 aromatic rings. The first-order chi connectivity index (χ1) is 12.1. The van der Waals surface area contributed by atoms with Gasteiger partial charge in [-0.2, -0.15) is 0 Å². The Bertz CT molecular complexity index is 745. The Kier molecular flexibility index (Phi) is 4.37. The van der Waals surface area contributed by atoms with Crippen LogP contribution in [0.4, 0.5) is 10.5 Å². The summed E-state index contributed by atoms with van der Waals surface area (Å²) in [5.41, 5.74) is -1.35. The van der Waals surface area contributed by atoms with E-state index >= 15 is 0 Å². The Hall–Kier alpha value is -2.64. The highest BCUT2D eigenvalue weighted by Gasteiger charge is 2.46. The van der Waals surface area contributed by atoms with Crippen molar-refractivity contribution in [3.8, 4) is 5.75 Å². The van der Waals surface area contributed by atoms with Crippen molar-refractivity contribution in [2.24, 2.45) is 0 Å². The number of likely N-dealkylation sites (tertiary alicyclic amines) is 1. The van der Waals surface area contributed by atoms with E-state index in [1.807, 2.05) is 0 Å². The van der Waals surface area contributed by atoms with Gasteiger partial charge in [0.25, 0.3) is 0 Å². The van der Waals surface area contributed by atoms with Crippen molar-refractivity contribution in [2.75, 3.05) is 13.1 Å². The van der Waals surface area contributed by atoms with E-state index < -0.39 is 22.2 Å². The van der Waals surface area contributed by atoms with Crippen LogP contribution in [-0.2, 0) is 4.74 Å². The van der Waals surface area contributed by atoms with Gasteiger partial charge in [0.15, 0.2) is 5.78 Å². The number of benzene rings is 1. The Morgan fingerprint density at radius 2 is 1.96 bits per heavy atom.